The van der Waals surface area contributed by atoms with Crippen LogP contribution in [-0.2, 0) is 26.0 Å². The van der Waals surface area contributed by atoms with Crippen molar-refractivity contribution in [1.29, 1.82) is 0 Å². The standard InChI is InChI=1S/C13H21NO4S2/c1-4-10(2)12(14-20(3,16)17)13(15)18-8-7-11-6-5-9-19-11/h5-6,9-10,12,14H,4,7-8H2,1-3H3/t10-,12-/m0/s1. The van der Waals surface area contributed by atoms with Crippen molar-refractivity contribution in [3.63, 3.8) is 0 Å². The van der Waals surface area contributed by atoms with Crippen LogP contribution in [0.1, 0.15) is 25.1 Å². The lowest BCUT2D eigenvalue weighted by molar-refractivity contribution is -0.146. The Kier molecular flexibility index (Phi) is 6.64. The summed E-state index contributed by atoms with van der Waals surface area (Å²) < 4.78 is 30.2. The minimum Gasteiger partial charge on any atom is -0.464 e. The van der Waals surface area contributed by atoms with Crippen LogP contribution < -0.4 is 4.72 Å². The minimum atomic E-state index is -3.44. The van der Waals surface area contributed by atoms with E-state index in [9.17, 15) is 13.2 Å². The van der Waals surface area contributed by atoms with Gasteiger partial charge in [0.25, 0.3) is 0 Å². The summed E-state index contributed by atoms with van der Waals surface area (Å²) in [5.74, 6) is -0.625. The molecule has 0 amide bonds. The molecule has 114 valence electrons. The van der Waals surface area contributed by atoms with Gasteiger partial charge in [-0.3, -0.25) is 4.79 Å². The first-order valence-electron chi connectivity index (χ1n) is 6.49. The molecule has 1 aromatic heterocycles. The Labute approximate surface area is 124 Å². The van der Waals surface area contributed by atoms with Gasteiger partial charge in [0, 0.05) is 11.3 Å². The molecule has 1 rings (SSSR count). The Morgan fingerprint density at radius 1 is 1.50 bits per heavy atom. The topological polar surface area (TPSA) is 72.5 Å². The molecule has 0 saturated heterocycles. The molecule has 1 N–H and O–H groups in total. The van der Waals surface area contributed by atoms with Crippen LogP contribution in [0.2, 0.25) is 0 Å². The summed E-state index contributed by atoms with van der Waals surface area (Å²) in [6, 6.07) is 3.09. The Hall–Kier alpha value is -0.920. The van der Waals surface area contributed by atoms with E-state index in [1.165, 1.54) is 0 Å². The SMILES string of the molecule is CC[C@H](C)[C@H](NS(C)(=O)=O)C(=O)OCCc1cccs1. The summed E-state index contributed by atoms with van der Waals surface area (Å²) in [6.07, 6.45) is 2.38. The van der Waals surface area contributed by atoms with Crippen molar-refractivity contribution in [2.24, 2.45) is 5.92 Å². The van der Waals surface area contributed by atoms with Crippen molar-refractivity contribution in [3.05, 3.63) is 22.4 Å². The molecule has 0 bridgehead atoms. The van der Waals surface area contributed by atoms with Crippen LogP contribution in [0.5, 0.6) is 0 Å². The highest BCUT2D eigenvalue weighted by Gasteiger charge is 2.28. The summed E-state index contributed by atoms with van der Waals surface area (Å²) in [4.78, 5) is 13.1. The molecular weight excluding hydrogens is 298 g/mol. The highest BCUT2D eigenvalue weighted by Crippen LogP contribution is 2.12. The van der Waals surface area contributed by atoms with Gasteiger partial charge in [0.15, 0.2) is 0 Å². The van der Waals surface area contributed by atoms with Gasteiger partial charge in [-0.15, -0.1) is 11.3 Å². The van der Waals surface area contributed by atoms with Crippen molar-refractivity contribution in [1.82, 2.24) is 4.72 Å². The second-order valence-electron chi connectivity index (χ2n) is 4.75. The van der Waals surface area contributed by atoms with Gasteiger partial charge < -0.3 is 4.74 Å². The summed E-state index contributed by atoms with van der Waals surface area (Å²) in [7, 11) is -3.44. The van der Waals surface area contributed by atoms with Gasteiger partial charge in [0.2, 0.25) is 10.0 Å². The molecule has 1 aromatic rings. The first-order valence-corrected chi connectivity index (χ1v) is 9.27. The Bertz CT molecular complexity index is 510. The number of ether oxygens (including phenoxy) is 1. The maximum Gasteiger partial charge on any atom is 0.324 e. The van der Waals surface area contributed by atoms with E-state index in [1.807, 2.05) is 31.4 Å². The smallest absolute Gasteiger partial charge is 0.324 e. The molecule has 20 heavy (non-hydrogen) atoms. The number of hydrogen-bond acceptors (Lipinski definition) is 5. The van der Waals surface area contributed by atoms with E-state index in [0.29, 0.717) is 12.8 Å². The molecule has 2 atom stereocenters. The average molecular weight is 319 g/mol. The van der Waals surface area contributed by atoms with E-state index in [1.54, 1.807) is 11.3 Å². The highest BCUT2D eigenvalue weighted by molar-refractivity contribution is 7.88. The Balaban J connectivity index is 2.54. The van der Waals surface area contributed by atoms with Gasteiger partial charge in [-0.1, -0.05) is 26.3 Å². The zero-order valence-electron chi connectivity index (χ0n) is 12.0. The molecule has 0 spiro atoms. The molecule has 0 aromatic carbocycles. The number of hydrogen-bond donors (Lipinski definition) is 1. The molecule has 1 heterocycles. The summed E-state index contributed by atoms with van der Waals surface area (Å²) in [6.45, 7) is 3.99. The third-order valence-corrected chi connectivity index (χ3v) is 4.60. The second-order valence-corrected chi connectivity index (χ2v) is 7.56. The summed E-state index contributed by atoms with van der Waals surface area (Å²) >= 11 is 1.60. The summed E-state index contributed by atoms with van der Waals surface area (Å²) in [5.41, 5.74) is 0. The number of rotatable bonds is 8. The van der Waals surface area contributed by atoms with Crippen LogP contribution in [-0.4, -0.2) is 33.3 Å². The largest absolute Gasteiger partial charge is 0.464 e. The maximum atomic E-state index is 12.0. The maximum absolute atomic E-state index is 12.0. The third-order valence-electron chi connectivity index (χ3n) is 2.98. The van der Waals surface area contributed by atoms with Crippen molar-refractivity contribution < 1.29 is 17.9 Å². The van der Waals surface area contributed by atoms with E-state index < -0.39 is 22.0 Å². The summed E-state index contributed by atoms with van der Waals surface area (Å²) in [5, 5.41) is 1.96. The second kappa shape index (κ2) is 7.75. The van der Waals surface area contributed by atoms with E-state index in [-0.39, 0.29) is 12.5 Å². The zero-order chi connectivity index (χ0) is 15.2. The van der Waals surface area contributed by atoms with Crippen molar-refractivity contribution in [3.8, 4) is 0 Å². The number of esters is 1. The first kappa shape index (κ1) is 17.1. The van der Waals surface area contributed by atoms with Crippen molar-refractivity contribution in [2.45, 2.75) is 32.7 Å². The van der Waals surface area contributed by atoms with Gasteiger partial charge in [-0.2, -0.15) is 0 Å². The fraction of sp³-hybridized carbons (Fsp3) is 0.615. The van der Waals surface area contributed by atoms with Crippen LogP contribution in [0, 0.1) is 5.92 Å². The molecule has 0 aliphatic carbocycles. The van der Waals surface area contributed by atoms with E-state index >= 15 is 0 Å². The number of sulfonamides is 1. The van der Waals surface area contributed by atoms with Gasteiger partial charge in [-0.05, 0) is 17.4 Å². The molecule has 0 aliphatic heterocycles. The van der Waals surface area contributed by atoms with Crippen LogP contribution in [0.4, 0.5) is 0 Å². The van der Waals surface area contributed by atoms with Gasteiger partial charge in [-0.25, -0.2) is 13.1 Å². The Morgan fingerprint density at radius 3 is 2.70 bits per heavy atom. The molecule has 7 heteroatoms. The third kappa shape index (κ3) is 6.02. The van der Waals surface area contributed by atoms with E-state index in [2.05, 4.69) is 4.72 Å². The highest BCUT2D eigenvalue weighted by atomic mass is 32.2. The fourth-order valence-corrected chi connectivity index (χ4v) is 3.14. The van der Waals surface area contributed by atoms with E-state index in [4.69, 9.17) is 4.74 Å². The Morgan fingerprint density at radius 2 is 2.20 bits per heavy atom. The average Bonchev–Trinajstić information content (AvgIpc) is 2.87. The predicted molar refractivity (Wildman–Crippen MR) is 80.2 cm³/mol. The quantitative estimate of drug-likeness (QED) is 0.742. The lowest BCUT2D eigenvalue weighted by Crippen LogP contribution is -2.45. The zero-order valence-corrected chi connectivity index (χ0v) is 13.6. The molecule has 5 nitrogen and oxygen atoms in total. The number of thiophene rings is 1. The molecule has 0 saturated carbocycles. The molecule has 0 fully saturated rings. The van der Waals surface area contributed by atoms with E-state index in [0.717, 1.165) is 11.1 Å². The van der Waals surface area contributed by atoms with Gasteiger partial charge >= 0.3 is 5.97 Å². The molecule has 0 radical (unpaired) electrons. The van der Waals surface area contributed by atoms with Crippen molar-refractivity contribution in [2.75, 3.05) is 12.9 Å². The molecule has 0 aliphatic rings. The number of nitrogens with one attached hydrogen (secondary N) is 1. The molecule has 0 unspecified atom stereocenters. The van der Waals surface area contributed by atoms with Gasteiger partial charge in [0.1, 0.15) is 6.04 Å². The van der Waals surface area contributed by atoms with Crippen LogP contribution >= 0.6 is 11.3 Å². The normalized spacial score (nSPS) is 14.8. The number of carbonyl (C=O) groups is 1. The van der Waals surface area contributed by atoms with Crippen LogP contribution in [0.25, 0.3) is 0 Å². The van der Waals surface area contributed by atoms with Crippen LogP contribution in [0.3, 0.4) is 0 Å². The fourth-order valence-electron chi connectivity index (χ4n) is 1.66. The van der Waals surface area contributed by atoms with Crippen molar-refractivity contribution >= 4 is 27.3 Å². The lowest BCUT2D eigenvalue weighted by atomic mass is 10.0. The molecular formula is C13H21NO4S2. The number of carbonyl (C=O) groups excluding carboxylic acids is 1. The monoisotopic (exact) mass is 319 g/mol. The minimum absolute atomic E-state index is 0.112. The predicted octanol–water partition coefficient (Wildman–Crippen LogP) is 1.80. The lowest BCUT2D eigenvalue weighted by Gasteiger charge is -2.21. The first-order chi connectivity index (χ1) is 9.33. The van der Waals surface area contributed by atoms with Gasteiger partial charge in [0.05, 0.1) is 12.9 Å². The van der Waals surface area contributed by atoms with Crippen LogP contribution in [0.15, 0.2) is 17.5 Å².